The first kappa shape index (κ1) is 18.8. The van der Waals surface area contributed by atoms with E-state index < -0.39 is 12.5 Å². The summed E-state index contributed by atoms with van der Waals surface area (Å²) in [6.45, 7) is -1.03. The van der Waals surface area contributed by atoms with Gasteiger partial charge in [-0.25, -0.2) is 0 Å². The number of hydrogen-bond acceptors (Lipinski definition) is 5. The maximum atomic E-state index is 11.9. The summed E-state index contributed by atoms with van der Waals surface area (Å²) in [5.41, 5.74) is 6.26. The van der Waals surface area contributed by atoms with E-state index >= 15 is 0 Å². The van der Waals surface area contributed by atoms with Crippen LogP contribution in [0.25, 0.3) is 0 Å². The predicted molar refractivity (Wildman–Crippen MR) is 81.0 cm³/mol. The second-order valence-electron chi connectivity index (χ2n) is 4.43. The number of carbonyl (C=O) groups excluding carboxylic acids is 1. The predicted octanol–water partition coefficient (Wildman–Crippen LogP) is 2.77. The third-order valence-corrected chi connectivity index (χ3v) is 2.63. The van der Waals surface area contributed by atoms with Gasteiger partial charge in [-0.2, -0.15) is 14.0 Å². The minimum absolute atomic E-state index is 0.157. The topological polar surface area (TPSA) is 98.2 Å². The molecule has 24 heavy (non-hydrogen) atoms. The van der Waals surface area contributed by atoms with Crippen molar-refractivity contribution in [2.45, 2.75) is 20.1 Å². The Balaban J connectivity index is 0.000000254. The summed E-state index contributed by atoms with van der Waals surface area (Å²) in [6, 6.07) is 10.8. The molecule has 8 heteroatoms. The minimum Gasteiger partial charge on any atom is -0.434 e. The number of hydrogen-bond donors (Lipinski definition) is 1. The van der Waals surface area contributed by atoms with Crippen LogP contribution in [-0.4, -0.2) is 17.5 Å². The van der Waals surface area contributed by atoms with Gasteiger partial charge in [0.1, 0.15) is 12.4 Å². The smallest absolute Gasteiger partial charge is 0.387 e. The molecule has 0 aliphatic rings. The molecule has 2 N–H and O–H groups in total. The molecular weight excluding hydrogens is 320 g/mol. The fourth-order valence-corrected chi connectivity index (χ4v) is 1.60. The van der Waals surface area contributed by atoms with E-state index in [1.807, 2.05) is 30.3 Å². The Morgan fingerprint density at radius 2 is 2.04 bits per heavy atom. The number of pyridine rings is 1. The summed E-state index contributed by atoms with van der Waals surface area (Å²) in [5.74, 6) is -1.10. The molecule has 2 rings (SSSR count). The van der Waals surface area contributed by atoms with E-state index in [1.54, 1.807) is 13.2 Å². The van der Waals surface area contributed by atoms with Crippen LogP contribution in [0.5, 0.6) is 5.75 Å². The lowest BCUT2D eigenvalue weighted by Crippen LogP contribution is -2.15. The molecule has 0 saturated carbocycles. The molecule has 1 amide bonds. The first-order valence-electron chi connectivity index (χ1n) is 6.70. The summed E-state index contributed by atoms with van der Waals surface area (Å²) >= 11 is 0. The molecule has 1 aromatic heterocycles. The molecule has 1 aromatic carbocycles. The van der Waals surface area contributed by atoms with E-state index in [-0.39, 0.29) is 11.3 Å². The van der Waals surface area contributed by atoms with Crippen molar-refractivity contribution in [3.63, 3.8) is 0 Å². The Kier molecular flexibility index (Phi) is 7.64. The first-order valence-corrected chi connectivity index (χ1v) is 6.70. The van der Waals surface area contributed by atoms with Crippen molar-refractivity contribution in [2.75, 3.05) is 0 Å². The number of rotatable bonds is 5. The number of nitrogens with zero attached hydrogens (tertiary/aromatic N) is 2. The molecule has 0 bridgehead atoms. The molecule has 0 atom stereocenters. The van der Waals surface area contributed by atoms with E-state index in [2.05, 4.69) is 14.5 Å². The Hall–Kier alpha value is -3.21. The van der Waals surface area contributed by atoms with Crippen LogP contribution in [0.3, 0.4) is 0 Å². The van der Waals surface area contributed by atoms with Gasteiger partial charge in [0.15, 0.2) is 0 Å². The zero-order valence-corrected chi connectivity index (χ0v) is 12.8. The molecule has 0 fully saturated rings. The number of nitriles is 1. The van der Waals surface area contributed by atoms with Crippen molar-refractivity contribution in [3.8, 4) is 12.0 Å². The lowest BCUT2D eigenvalue weighted by molar-refractivity contribution is -0.0502. The Bertz CT molecular complexity index is 703. The largest absolute Gasteiger partial charge is 0.434 e. The van der Waals surface area contributed by atoms with Crippen LogP contribution in [0.4, 0.5) is 8.78 Å². The average molecular weight is 335 g/mol. The highest BCUT2D eigenvalue weighted by atomic mass is 19.3. The van der Waals surface area contributed by atoms with Gasteiger partial charge in [-0.15, -0.1) is 0 Å². The van der Waals surface area contributed by atoms with Crippen LogP contribution in [0.2, 0.25) is 0 Å². The van der Waals surface area contributed by atoms with Crippen molar-refractivity contribution in [1.82, 2.24) is 4.98 Å². The second kappa shape index (κ2) is 9.74. The van der Waals surface area contributed by atoms with Crippen molar-refractivity contribution >= 4 is 5.91 Å². The minimum atomic E-state index is -2.99. The molecule has 0 aliphatic heterocycles. The first-order chi connectivity index (χ1) is 11.4. The number of amides is 1. The van der Waals surface area contributed by atoms with Gasteiger partial charge < -0.3 is 15.2 Å². The summed E-state index contributed by atoms with van der Waals surface area (Å²) in [5, 5.41) is 8.06. The Labute approximate surface area is 137 Å². The quantitative estimate of drug-likeness (QED) is 0.847. The number of aryl methyl sites for hydroxylation is 1. The van der Waals surface area contributed by atoms with E-state index in [4.69, 9.17) is 11.0 Å². The normalized spacial score (nSPS) is 9.46. The van der Waals surface area contributed by atoms with Gasteiger partial charge in [0.2, 0.25) is 0 Å². The fourth-order valence-electron chi connectivity index (χ4n) is 1.60. The molecule has 0 spiro atoms. The van der Waals surface area contributed by atoms with Crippen molar-refractivity contribution < 1.29 is 23.0 Å². The van der Waals surface area contributed by atoms with Crippen molar-refractivity contribution in [2.24, 2.45) is 5.73 Å². The zero-order valence-electron chi connectivity index (χ0n) is 12.8. The summed E-state index contributed by atoms with van der Waals surface area (Å²) in [4.78, 5) is 14.5. The molecule has 6 nitrogen and oxygen atoms in total. The third-order valence-electron chi connectivity index (χ3n) is 2.63. The highest BCUT2D eigenvalue weighted by Crippen LogP contribution is 2.20. The SMILES string of the molecule is Cc1cc(OC(F)F)c(C(N)=O)cn1.N#COCc1ccccc1. The van der Waals surface area contributed by atoms with E-state index in [9.17, 15) is 13.6 Å². The van der Waals surface area contributed by atoms with Gasteiger partial charge in [-0.3, -0.25) is 9.78 Å². The molecular formula is C16H15F2N3O3. The number of primary amides is 1. The number of carbonyl (C=O) groups is 1. The molecule has 126 valence electrons. The highest BCUT2D eigenvalue weighted by molar-refractivity contribution is 5.95. The second-order valence-corrected chi connectivity index (χ2v) is 4.43. The van der Waals surface area contributed by atoms with Crippen LogP contribution in [0.1, 0.15) is 21.6 Å². The van der Waals surface area contributed by atoms with Gasteiger partial charge in [0.05, 0.1) is 5.56 Å². The number of nitrogens with two attached hydrogens (primary N) is 1. The lowest BCUT2D eigenvalue weighted by Gasteiger charge is -2.08. The third kappa shape index (κ3) is 6.70. The lowest BCUT2D eigenvalue weighted by atomic mass is 10.2. The van der Waals surface area contributed by atoms with Crippen LogP contribution >= 0.6 is 0 Å². The van der Waals surface area contributed by atoms with Gasteiger partial charge in [0, 0.05) is 18.0 Å². The fraction of sp³-hybridized carbons (Fsp3) is 0.188. The van der Waals surface area contributed by atoms with E-state index in [0.29, 0.717) is 12.3 Å². The van der Waals surface area contributed by atoms with Crippen LogP contribution in [0, 0.1) is 18.4 Å². The summed E-state index contributed by atoms with van der Waals surface area (Å²) in [7, 11) is 0. The number of halogens is 2. The molecule has 0 aliphatic carbocycles. The van der Waals surface area contributed by atoms with Gasteiger partial charge >= 0.3 is 6.61 Å². The van der Waals surface area contributed by atoms with Crippen LogP contribution < -0.4 is 10.5 Å². The summed E-state index contributed by atoms with van der Waals surface area (Å²) < 4.78 is 32.4. The molecule has 1 heterocycles. The zero-order chi connectivity index (χ0) is 17.9. The van der Waals surface area contributed by atoms with Crippen molar-refractivity contribution in [1.29, 1.82) is 5.26 Å². The molecule has 0 radical (unpaired) electrons. The number of ether oxygens (including phenoxy) is 2. The number of benzene rings is 1. The summed E-state index contributed by atoms with van der Waals surface area (Å²) in [6.07, 6.45) is 2.72. The van der Waals surface area contributed by atoms with Gasteiger partial charge in [-0.05, 0) is 12.5 Å². The molecule has 2 aromatic rings. The van der Waals surface area contributed by atoms with E-state index in [0.717, 1.165) is 11.8 Å². The standard InChI is InChI=1S/C8H8F2N2O2.C8H7NO/c1-4-2-6(14-8(9)10)5(3-12-4)7(11)13;9-7-10-6-8-4-2-1-3-5-8/h2-3,8H,1H3,(H2,11,13);1-5H,6H2. The van der Waals surface area contributed by atoms with Gasteiger partial charge in [-0.1, -0.05) is 30.3 Å². The number of alkyl halides is 2. The maximum absolute atomic E-state index is 11.9. The number of aromatic nitrogens is 1. The van der Waals surface area contributed by atoms with E-state index in [1.165, 1.54) is 6.07 Å². The average Bonchev–Trinajstić information content (AvgIpc) is 2.53. The molecule has 0 saturated heterocycles. The van der Waals surface area contributed by atoms with Crippen LogP contribution in [-0.2, 0) is 11.3 Å². The Morgan fingerprint density at radius 3 is 2.58 bits per heavy atom. The van der Waals surface area contributed by atoms with Gasteiger partial charge in [0.25, 0.3) is 12.2 Å². The monoisotopic (exact) mass is 335 g/mol. The maximum Gasteiger partial charge on any atom is 0.387 e. The van der Waals surface area contributed by atoms with Crippen LogP contribution in [0.15, 0.2) is 42.6 Å². The molecule has 0 unspecified atom stereocenters. The Morgan fingerprint density at radius 1 is 1.38 bits per heavy atom. The highest BCUT2D eigenvalue weighted by Gasteiger charge is 2.14. The van der Waals surface area contributed by atoms with Crippen molar-refractivity contribution in [3.05, 3.63) is 59.4 Å².